The lowest BCUT2D eigenvalue weighted by Crippen LogP contribution is -2.10. The molecule has 1 aromatic carbocycles. The molecule has 3 rings (SSSR count). The van der Waals surface area contributed by atoms with Crippen LogP contribution in [0, 0.1) is 5.92 Å². The number of rotatable bonds is 4. The van der Waals surface area contributed by atoms with Gasteiger partial charge in [0.1, 0.15) is 4.33 Å². The van der Waals surface area contributed by atoms with E-state index in [1.807, 2.05) is 11.6 Å². The molecule has 3 nitrogen and oxygen atoms in total. The largest absolute Gasteiger partial charge is 0.305 e. The highest BCUT2D eigenvalue weighted by atomic mass is 35.5. The zero-order valence-electron chi connectivity index (χ0n) is 13.8. The number of benzene rings is 1. The van der Waals surface area contributed by atoms with Gasteiger partial charge in [-0.15, -0.1) is 33.4 Å². The molecular formula is C17H21Cl2N3S. The van der Waals surface area contributed by atoms with Crippen LogP contribution in [0.25, 0.3) is 11.4 Å². The van der Waals surface area contributed by atoms with Gasteiger partial charge in [0, 0.05) is 24.3 Å². The van der Waals surface area contributed by atoms with Crippen molar-refractivity contribution in [3.63, 3.8) is 0 Å². The Morgan fingerprint density at radius 3 is 2.35 bits per heavy atom. The summed E-state index contributed by atoms with van der Waals surface area (Å²) in [6.45, 7) is 6.64. The molecule has 0 spiro atoms. The maximum absolute atomic E-state index is 6.08. The van der Waals surface area contributed by atoms with Crippen LogP contribution in [0.4, 0.5) is 0 Å². The molecule has 0 bridgehead atoms. The Morgan fingerprint density at radius 1 is 1.22 bits per heavy atom. The molecule has 124 valence electrons. The first-order chi connectivity index (χ1) is 10.7. The van der Waals surface area contributed by atoms with Crippen molar-refractivity contribution in [2.45, 2.75) is 42.1 Å². The van der Waals surface area contributed by atoms with Crippen molar-refractivity contribution < 1.29 is 0 Å². The Kier molecular flexibility index (Phi) is 4.45. The number of alkyl halides is 2. The Bertz CT molecular complexity index is 702. The van der Waals surface area contributed by atoms with E-state index in [4.69, 9.17) is 23.2 Å². The van der Waals surface area contributed by atoms with Crippen LogP contribution in [0.5, 0.6) is 0 Å². The minimum absolute atomic E-state index is 0.152. The van der Waals surface area contributed by atoms with E-state index in [0.717, 1.165) is 28.7 Å². The molecule has 6 heteroatoms. The Balaban J connectivity index is 1.74. The van der Waals surface area contributed by atoms with Crippen LogP contribution in [0.3, 0.4) is 0 Å². The van der Waals surface area contributed by atoms with Crippen molar-refractivity contribution in [2.75, 3.05) is 5.75 Å². The van der Waals surface area contributed by atoms with Crippen LogP contribution >= 0.6 is 35.0 Å². The molecule has 1 fully saturated rings. The highest BCUT2D eigenvalue weighted by molar-refractivity contribution is 7.99. The van der Waals surface area contributed by atoms with Crippen molar-refractivity contribution in [3.05, 3.63) is 29.8 Å². The maximum atomic E-state index is 6.08. The summed E-state index contributed by atoms with van der Waals surface area (Å²) in [5.41, 5.74) is 2.54. The molecule has 23 heavy (non-hydrogen) atoms. The second-order valence-corrected chi connectivity index (χ2v) is 9.70. The quantitative estimate of drug-likeness (QED) is 0.556. The Labute approximate surface area is 151 Å². The summed E-state index contributed by atoms with van der Waals surface area (Å²) in [5, 5.41) is 9.54. The summed E-state index contributed by atoms with van der Waals surface area (Å²) >= 11 is 13.8. The fourth-order valence-electron chi connectivity index (χ4n) is 2.44. The summed E-state index contributed by atoms with van der Waals surface area (Å²) < 4.78 is 1.50. The molecule has 0 radical (unpaired) electrons. The van der Waals surface area contributed by atoms with Crippen molar-refractivity contribution >= 4 is 35.0 Å². The molecule has 1 saturated carbocycles. The second kappa shape index (κ2) is 5.98. The lowest BCUT2D eigenvalue weighted by atomic mass is 9.87. The fraction of sp³-hybridized carbons (Fsp3) is 0.529. The summed E-state index contributed by atoms with van der Waals surface area (Å²) in [4.78, 5) is 0. The molecule has 0 aliphatic heterocycles. The fourth-order valence-corrected chi connectivity index (χ4v) is 4.28. The minimum Gasteiger partial charge on any atom is -0.305 e. The van der Waals surface area contributed by atoms with Gasteiger partial charge in [0.05, 0.1) is 0 Å². The lowest BCUT2D eigenvalue weighted by molar-refractivity contribution is 0.590. The first-order valence-electron chi connectivity index (χ1n) is 7.69. The predicted molar refractivity (Wildman–Crippen MR) is 98.4 cm³/mol. The summed E-state index contributed by atoms with van der Waals surface area (Å²) in [6.07, 6.45) is 0.863. The van der Waals surface area contributed by atoms with Gasteiger partial charge in [-0.25, -0.2) is 0 Å². The van der Waals surface area contributed by atoms with Crippen molar-refractivity contribution in [3.8, 4) is 11.4 Å². The van der Waals surface area contributed by atoms with Gasteiger partial charge in [0.25, 0.3) is 0 Å². The summed E-state index contributed by atoms with van der Waals surface area (Å²) in [5.74, 6) is 2.11. The van der Waals surface area contributed by atoms with Crippen molar-refractivity contribution in [1.82, 2.24) is 14.8 Å². The van der Waals surface area contributed by atoms with Gasteiger partial charge in [0.15, 0.2) is 11.0 Å². The standard InChI is InChI=1S/C17H21Cl2N3S/c1-16(2,3)12-7-5-11(6-8-12)14-20-21-15(22(14)4)23-10-13-9-17(13,18)19/h5-8,13H,9-10H2,1-4H3/t13-/m1/s1. The van der Waals surface area contributed by atoms with Crippen LogP contribution in [-0.2, 0) is 12.5 Å². The topological polar surface area (TPSA) is 30.7 Å². The summed E-state index contributed by atoms with van der Waals surface area (Å²) in [6, 6.07) is 8.55. The molecule has 0 saturated heterocycles. The van der Waals surface area contributed by atoms with Gasteiger partial charge < -0.3 is 4.57 Å². The van der Waals surface area contributed by atoms with Crippen LogP contribution in [0.15, 0.2) is 29.4 Å². The third-order valence-electron chi connectivity index (χ3n) is 4.21. The Hall–Kier alpha value is -0.710. The monoisotopic (exact) mass is 369 g/mol. The molecule has 2 aromatic rings. The van der Waals surface area contributed by atoms with E-state index < -0.39 is 4.33 Å². The molecule has 0 unspecified atom stereocenters. The third-order valence-corrected chi connectivity index (χ3v) is 6.32. The molecule has 1 aliphatic carbocycles. The second-order valence-electron chi connectivity index (χ2n) is 7.17. The first kappa shape index (κ1) is 17.1. The van der Waals surface area contributed by atoms with Crippen LogP contribution in [0.1, 0.15) is 32.8 Å². The summed E-state index contributed by atoms with van der Waals surface area (Å²) in [7, 11) is 2.00. The number of nitrogens with zero attached hydrogens (tertiary/aromatic N) is 3. The van der Waals surface area contributed by atoms with Gasteiger partial charge in [-0.2, -0.15) is 0 Å². The maximum Gasteiger partial charge on any atom is 0.191 e. The molecular weight excluding hydrogens is 349 g/mol. The number of hydrogen-bond donors (Lipinski definition) is 0. The molecule has 1 aliphatic rings. The van der Waals surface area contributed by atoms with Crippen molar-refractivity contribution in [2.24, 2.45) is 13.0 Å². The number of thioether (sulfide) groups is 1. The lowest BCUT2D eigenvalue weighted by Gasteiger charge is -2.19. The van der Waals surface area contributed by atoms with E-state index in [1.54, 1.807) is 11.8 Å². The van der Waals surface area contributed by atoms with Gasteiger partial charge >= 0.3 is 0 Å². The number of hydrogen-bond acceptors (Lipinski definition) is 3. The van der Waals surface area contributed by atoms with Gasteiger partial charge in [-0.1, -0.05) is 56.8 Å². The average Bonchev–Trinajstić information content (AvgIpc) is 2.92. The minimum atomic E-state index is -0.531. The third kappa shape index (κ3) is 3.70. The van der Waals surface area contributed by atoms with Crippen LogP contribution < -0.4 is 0 Å². The molecule has 0 amide bonds. The van der Waals surface area contributed by atoms with Gasteiger partial charge in [-0.05, 0) is 17.4 Å². The number of halogens is 2. The van der Waals surface area contributed by atoms with Crippen LogP contribution in [-0.4, -0.2) is 24.9 Å². The van der Waals surface area contributed by atoms with E-state index in [2.05, 4.69) is 55.2 Å². The normalized spacial score (nSPS) is 19.8. The van der Waals surface area contributed by atoms with E-state index in [-0.39, 0.29) is 5.41 Å². The smallest absolute Gasteiger partial charge is 0.191 e. The molecule has 1 aromatic heterocycles. The van der Waals surface area contributed by atoms with Gasteiger partial charge in [-0.3, -0.25) is 0 Å². The Morgan fingerprint density at radius 2 is 1.83 bits per heavy atom. The zero-order chi connectivity index (χ0) is 16.8. The SMILES string of the molecule is Cn1c(SC[C@H]2CC2(Cl)Cl)nnc1-c1ccc(C(C)(C)C)cc1. The van der Waals surface area contributed by atoms with E-state index in [1.165, 1.54) is 5.56 Å². The van der Waals surface area contributed by atoms with Crippen LogP contribution in [0.2, 0.25) is 0 Å². The van der Waals surface area contributed by atoms with Gasteiger partial charge in [0.2, 0.25) is 0 Å². The highest BCUT2D eigenvalue weighted by Crippen LogP contribution is 2.54. The average molecular weight is 370 g/mol. The molecule has 0 N–H and O–H groups in total. The predicted octanol–water partition coefficient (Wildman–Crippen LogP) is 5.07. The first-order valence-corrected chi connectivity index (χ1v) is 9.43. The van der Waals surface area contributed by atoms with E-state index in [0.29, 0.717) is 5.92 Å². The van der Waals surface area contributed by atoms with E-state index >= 15 is 0 Å². The zero-order valence-corrected chi connectivity index (χ0v) is 16.1. The number of aromatic nitrogens is 3. The molecule has 1 heterocycles. The van der Waals surface area contributed by atoms with Crippen molar-refractivity contribution in [1.29, 1.82) is 0 Å². The molecule has 1 atom stereocenters. The van der Waals surface area contributed by atoms with E-state index in [9.17, 15) is 0 Å². The highest BCUT2D eigenvalue weighted by Gasteiger charge is 2.51.